The van der Waals surface area contributed by atoms with Crippen LogP contribution >= 0.6 is 0 Å². The summed E-state index contributed by atoms with van der Waals surface area (Å²) in [4.78, 5) is 11.0. The molecule has 0 fully saturated rings. The Hall–Kier alpha value is -1.29. The van der Waals surface area contributed by atoms with E-state index < -0.39 is 11.6 Å². The summed E-state index contributed by atoms with van der Waals surface area (Å²) in [5.74, 6) is -0.502. The van der Waals surface area contributed by atoms with Gasteiger partial charge in [0.1, 0.15) is 0 Å². The number of carbonyl (C=O) groups excluding carboxylic acids is 1. The van der Waals surface area contributed by atoms with Crippen molar-refractivity contribution in [3.63, 3.8) is 0 Å². The molecule has 0 aromatic rings. The van der Waals surface area contributed by atoms with Crippen LogP contribution in [0.15, 0.2) is 24.4 Å². The summed E-state index contributed by atoms with van der Waals surface area (Å²) in [7, 11) is 1.30. The van der Waals surface area contributed by atoms with Crippen LogP contribution in [-0.4, -0.2) is 18.7 Å². The van der Waals surface area contributed by atoms with Crippen molar-refractivity contribution in [3.05, 3.63) is 24.4 Å². The third-order valence-electron chi connectivity index (χ3n) is 1.41. The average Bonchev–Trinajstić information content (AvgIpc) is 2.04. The normalized spacial score (nSPS) is 27.8. The van der Waals surface area contributed by atoms with Crippen molar-refractivity contribution in [1.29, 1.82) is 0 Å². The molecule has 0 saturated carbocycles. The van der Waals surface area contributed by atoms with Crippen LogP contribution in [0.5, 0.6) is 0 Å². The molecule has 0 saturated heterocycles. The first-order valence-corrected chi connectivity index (χ1v) is 3.18. The fraction of sp³-hybridized carbons (Fsp3) is 0.286. The van der Waals surface area contributed by atoms with E-state index in [1.54, 1.807) is 24.4 Å². The maximum absolute atomic E-state index is 11.0. The predicted molar refractivity (Wildman–Crippen MR) is 40.4 cm³/mol. The second-order valence-corrected chi connectivity index (χ2v) is 2.22. The highest BCUT2D eigenvalue weighted by molar-refractivity contribution is 5.83. The molecule has 0 amide bonds. The van der Waals surface area contributed by atoms with Gasteiger partial charge in [-0.2, -0.15) is 0 Å². The fourth-order valence-electron chi connectivity index (χ4n) is 0.793. The van der Waals surface area contributed by atoms with Gasteiger partial charge in [-0.1, -0.05) is 6.08 Å². The molecule has 0 aromatic heterocycles. The first-order valence-electron chi connectivity index (χ1n) is 3.18. The van der Waals surface area contributed by atoms with E-state index in [-0.39, 0.29) is 0 Å². The van der Waals surface area contributed by atoms with Crippen molar-refractivity contribution in [2.45, 2.75) is 5.66 Å². The molecule has 1 atom stereocenters. The zero-order chi connectivity index (χ0) is 8.32. The van der Waals surface area contributed by atoms with Crippen molar-refractivity contribution >= 4 is 5.97 Å². The van der Waals surface area contributed by atoms with Gasteiger partial charge < -0.3 is 10.1 Å². The molecule has 1 aliphatic heterocycles. The highest BCUT2D eigenvalue weighted by Crippen LogP contribution is 2.04. The van der Waals surface area contributed by atoms with Crippen LogP contribution in [0.4, 0.5) is 0 Å². The number of methoxy groups -OCH3 is 1. The van der Waals surface area contributed by atoms with E-state index in [0.29, 0.717) is 0 Å². The second-order valence-electron chi connectivity index (χ2n) is 2.22. The zero-order valence-corrected chi connectivity index (χ0v) is 6.20. The molecule has 0 bridgehead atoms. The molecule has 0 aliphatic carbocycles. The number of hydrogen-bond donors (Lipinski definition) is 2. The predicted octanol–water partition coefficient (Wildman–Crippen LogP) is -0.512. The summed E-state index contributed by atoms with van der Waals surface area (Å²) >= 11 is 0. The van der Waals surface area contributed by atoms with Crippen molar-refractivity contribution in [2.75, 3.05) is 7.11 Å². The van der Waals surface area contributed by atoms with Gasteiger partial charge in [0.15, 0.2) is 0 Å². The van der Waals surface area contributed by atoms with Crippen molar-refractivity contribution < 1.29 is 9.53 Å². The van der Waals surface area contributed by atoms with E-state index in [1.807, 2.05) is 0 Å². The lowest BCUT2D eigenvalue weighted by atomic mass is 10.1. The number of esters is 1. The summed E-state index contributed by atoms with van der Waals surface area (Å²) in [5.41, 5.74) is 4.40. The minimum Gasteiger partial charge on any atom is -0.466 e. The molecule has 1 aliphatic rings. The lowest BCUT2D eigenvalue weighted by Crippen LogP contribution is -2.57. The average molecular weight is 154 g/mol. The summed E-state index contributed by atoms with van der Waals surface area (Å²) < 4.78 is 4.48. The largest absolute Gasteiger partial charge is 0.466 e. The summed E-state index contributed by atoms with van der Waals surface area (Å²) in [6.07, 6.45) is 6.57. The third-order valence-corrected chi connectivity index (χ3v) is 1.41. The smallest absolute Gasteiger partial charge is 0.350 e. The molecule has 0 radical (unpaired) electrons. The first kappa shape index (κ1) is 7.81. The van der Waals surface area contributed by atoms with Crippen LogP contribution in [0.1, 0.15) is 0 Å². The van der Waals surface area contributed by atoms with Gasteiger partial charge >= 0.3 is 5.97 Å². The first-order chi connectivity index (χ1) is 5.19. The van der Waals surface area contributed by atoms with E-state index in [1.165, 1.54) is 7.11 Å². The van der Waals surface area contributed by atoms with Gasteiger partial charge in [0.25, 0.3) is 0 Å². The Labute approximate surface area is 64.7 Å². The standard InChI is InChI=1S/C7H10N2O2/c1-11-6(10)7(8)4-2-3-5-9-7/h2-5,9H,8H2,1H3. The molecular weight excluding hydrogens is 144 g/mol. The Morgan fingerprint density at radius 2 is 2.36 bits per heavy atom. The zero-order valence-electron chi connectivity index (χ0n) is 6.20. The van der Waals surface area contributed by atoms with Crippen molar-refractivity contribution in [3.8, 4) is 0 Å². The van der Waals surface area contributed by atoms with Gasteiger partial charge in [-0.3, -0.25) is 5.73 Å². The van der Waals surface area contributed by atoms with Crippen LogP contribution in [0, 0.1) is 0 Å². The molecule has 60 valence electrons. The number of carbonyl (C=O) groups is 1. The van der Waals surface area contributed by atoms with E-state index in [0.717, 1.165) is 0 Å². The Morgan fingerprint density at radius 1 is 1.64 bits per heavy atom. The molecule has 4 nitrogen and oxygen atoms in total. The number of allylic oxidation sites excluding steroid dienone is 2. The minimum absolute atomic E-state index is 0.502. The second kappa shape index (κ2) is 2.75. The molecule has 4 heteroatoms. The molecule has 3 N–H and O–H groups in total. The van der Waals surface area contributed by atoms with E-state index >= 15 is 0 Å². The van der Waals surface area contributed by atoms with E-state index in [2.05, 4.69) is 10.1 Å². The molecule has 0 aromatic carbocycles. The number of rotatable bonds is 1. The number of hydrogen-bond acceptors (Lipinski definition) is 4. The highest BCUT2D eigenvalue weighted by atomic mass is 16.5. The van der Waals surface area contributed by atoms with E-state index in [4.69, 9.17) is 5.73 Å². The lowest BCUT2D eigenvalue weighted by Gasteiger charge is -2.24. The Kier molecular flexibility index (Phi) is 1.96. The maximum Gasteiger partial charge on any atom is 0.350 e. The SMILES string of the molecule is COC(=O)C1(N)C=CC=CN1. The van der Waals surface area contributed by atoms with Crippen LogP contribution in [0.2, 0.25) is 0 Å². The van der Waals surface area contributed by atoms with Gasteiger partial charge in [0.05, 0.1) is 7.11 Å². The molecular formula is C7H10N2O2. The van der Waals surface area contributed by atoms with Crippen LogP contribution in [-0.2, 0) is 9.53 Å². The topological polar surface area (TPSA) is 64.3 Å². The van der Waals surface area contributed by atoms with Crippen molar-refractivity contribution in [1.82, 2.24) is 5.32 Å². The van der Waals surface area contributed by atoms with Gasteiger partial charge in [-0.25, -0.2) is 4.79 Å². The Morgan fingerprint density at radius 3 is 2.82 bits per heavy atom. The van der Waals surface area contributed by atoms with Gasteiger partial charge in [0, 0.05) is 0 Å². The van der Waals surface area contributed by atoms with Crippen LogP contribution < -0.4 is 11.1 Å². The van der Waals surface area contributed by atoms with Gasteiger partial charge in [-0.05, 0) is 18.4 Å². The van der Waals surface area contributed by atoms with Crippen LogP contribution in [0.3, 0.4) is 0 Å². The van der Waals surface area contributed by atoms with Gasteiger partial charge in [0.2, 0.25) is 5.66 Å². The molecule has 1 unspecified atom stereocenters. The monoisotopic (exact) mass is 154 g/mol. The number of nitrogens with one attached hydrogen (secondary N) is 1. The number of dihydropyridines is 1. The summed E-state index contributed by atoms with van der Waals surface area (Å²) in [6, 6.07) is 0. The fourth-order valence-corrected chi connectivity index (χ4v) is 0.793. The number of nitrogens with two attached hydrogens (primary N) is 1. The Bertz CT molecular complexity index is 222. The third kappa shape index (κ3) is 1.40. The van der Waals surface area contributed by atoms with Crippen molar-refractivity contribution in [2.24, 2.45) is 5.73 Å². The Balaban J connectivity index is 2.75. The molecule has 1 heterocycles. The molecule has 11 heavy (non-hydrogen) atoms. The van der Waals surface area contributed by atoms with Crippen LogP contribution in [0.25, 0.3) is 0 Å². The van der Waals surface area contributed by atoms with E-state index in [9.17, 15) is 4.79 Å². The lowest BCUT2D eigenvalue weighted by molar-refractivity contribution is -0.145. The summed E-state index contributed by atoms with van der Waals surface area (Å²) in [6.45, 7) is 0. The molecule has 1 rings (SSSR count). The van der Waals surface area contributed by atoms with Gasteiger partial charge in [-0.15, -0.1) is 0 Å². The minimum atomic E-state index is -1.19. The maximum atomic E-state index is 11.0. The number of ether oxygens (including phenoxy) is 1. The molecule has 0 spiro atoms. The highest BCUT2D eigenvalue weighted by Gasteiger charge is 2.31. The quantitative estimate of drug-likeness (QED) is 0.499. The summed E-state index contributed by atoms with van der Waals surface area (Å²) in [5, 5.41) is 2.68.